The van der Waals surface area contributed by atoms with Crippen LogP contribution in [-0.2, 0) is 6.42 Å². The third-order valence-electron chi connectivity index (χ3n) is 6.54. The van der Waals surface area contributed by atoms with Gasteiger partial charge in [-0.3, -0.25) is 9.78 Å². The molecule has 2 unspecified atom stereocenters. The summed E-state index contributed by atoms with van der Waals surface area (Å²) in [6, 6.07) is 7.31. The highest BCUT2D eigenvalue weighted by Gasteiger charge is 2.33. The second-order valence-electron chi connectivity index (χ2n) is 8.91. The standard InChI is InChI=1S/C26H25F3N2O2/c1-14-10-16(11-15(2)26(14)33)18-8-9-30-13-17(18)12-23(32)22-7-6-21(29)25(31-22)24-19(27)4-3-5-20(24)28/h3-9,13-16,26,33H,10-12H2,1-2H3/t14-,15+,16?,26?. The molecule has 2 aromatic heterocycles. The zero-order valence-corrected chi connectivity index (χ0v) is 18.4. The highest BCUT2D eigenvalue weighted by atomic mass is 19.1. The van der Waals surface area contributed by atoms with Crippen LogP contribution in [0, 0.1) is 29.3 Å². The van der Waals surface area contributed by atoms with Crippen LogP contribution in [0.3, 0.4) is 0 Å². The van der Waals surface area contributed by atoms with E-state index in [0.717, 1.165) is 42.2 Å². The van der Waals surface area contributed by atoms with Gasteiger partial charge in [0.25, 0.3) is 0 Å². The molecular weight excluding hydrogens is 429 g/mol. The van der Waals surface area contributed by atoms with E-state index in [9.17, 15) is 23.1 Å². The van der Waals surface area contributed by atoms with E-state index < -0.39 is 34.5 Å². The molecule has 0 radical (unpaired) electrons. The Morgan fingerprint density at radius 3 is 2.33 bits per heavy atom. The molecule has 1 fully saturated rings. The number of carbonyl (C=O) groups excluding carboxylic acids is 1. The van der Waals surface area contributed by atoms with Crippen LogP contribution in [0.2, 0.25) is 0 Å². The minimum atomic E-state index is -0.955. The van der Waals surface area contributed by atoms with Crippen LogP contribution >= 0.6 is 0 Å². The zero-order chi connectivity index (χ0) is 23.7. The second kappa shape index (κ2) is 9.43. The first-order valence-electron chi connectivity index (χ1n) is 11.0. The number of aliphatic hydroxyl groups is 1. The SMILES string of the molecule is C[C@@H]1CC(c2ccncc2CC(=O)c2ccc(F)c(-c3c(F)cccc3F)n2)C[C@H](C)C1O. The van der Waals surface area contributed by atoms with Crippen molar-refractivity contribution in [3.05, 3.63) is 83.1 Å². The van der Waals surface area contributed by atoms with E-state index in [2.05, 4.69) is 9.97 Å². The summed E-state index contributed by atoms with van der Waals surface area (Å²) in [6.45, 7) is 4.04. The van der Waals surface area contributed by atoms with E-state index in [0.29, 0.717) is 0 Å². The van der Waals surface area contributed by atoms with Gasteiger partial charge in [0.05, 0.1) is 11.7 Å². The van der Waals surface area contributed by atoms with E-state index in [1.54, 1.807) is 12.4 Å². The van der Waals surface area contributed by atoms with Crippen molar-refractivity contribution < 1.29 is 23.1 Å². The largest absolute Gasteiger partial charge is 0.393 e. The predicted octanol–water partition coefficient (Wildman–Crippen LogP) is 5.50. The van der Waals surface area contributed by atoms with Crippen molar-refractivity contribution in [1.29, 1.82) is 0 Å². The molecule has 0 bridgehead atoms. The number of benzene rings is 1. The van der Waals surface area contributed by atoms with Gasteiger partial charge in [-0.2, -0.15) is 0 Å². The molecule has 1 saturated carbocycles. The molecule has 1 aliphatic rings. The second-order valence-corrected chi connectivity index (χ2v) is 8.91. The average molecular weight is 454 g/mol. The third kappa shape index (κ3) is 4.69. The Hall–Kier alpha value is -3.06. The van der Waals surface area contributed by atoms with Crippen LogP contribution in [0.4, 0.5) is 13.2 Å². The van der Waals surface area contributed by atoms with Gasteiger partial charge in [0.2, 0.25) is 0 Å². The average Bonchev–Trinajstić information content (AvgIpc) is 2.78. The van der Waals surface area contributed by atoms with Gasteiger partial charge in [0.15, 0.2) is 5.78 Å². The fraction of sp³-hybridized carbons (Fsp3) is 0.346. The summed E-state index contributed by atoms with van der Waals surface area (Å²) in [4.78, 5) is 21.2. The lowest BCUT2D eigenvalue weighted by molar-refractivity contribution is 0.0250. The summed E-state index contributed by atoms with van der Waals surface area (Å²) in [5.41, 5.74) is 0.506. The fourth-order valence-corrected chi connectivity index (χ4v) is 4.83. The Kier molecular flexibility index (Phi) is 6.61. The molecule has 4 rings (SSSR count). The highest BCUT2D eigenvalue weighted by Crippen LogP contribution is 2.40. The number of hydrogen-bond donors (Lipinski definition) is 1. The predicted molar refractivity (Wildman–Crippen MR) is 118 cm³/mol. The molecule has 2 heterocycles. The van der Waals surface area contributed by atoms with Crippen molar-refractivity contribution in [2.24, 2.45) is 11.8 Å². The molecule has 33 heavy (non-hydrogen) atoms. The lowest BCUT2D eigenvalue weighted by Gasteiger charge is -2.37. The fourth-order valence-electron chi connectivity index (χ4n) is 4.83. The molecule has 7 heteroatoms. The van der Waals surface area contributed by atoms with Crippen molar-refractivity contribution >= 4 is 5.78 Å². The number of aromatic nitrogens is 2. The van der Waals surface area contributed by atoms with Crippen LogP contribution in [0.25, 0.3) is 11.3 Å². The summed E-state index contributed by atoms with van der Waals surface area (Å²) < 4.78 is 42.8. The maximum absolute atomic E-state index is 14.4. The Balaban J connectivity index is 1.63. The smallest absolute Gasteiger partial charge is 0.185 e. The Labute approximate surface area is 190 Å². The first-order valence-corrected chi connectivity index (χ1v) is 11.0. The summed E-state index contributed by atoms with van der Waals surface area (Å²) in [7, 11) is 0. The van der Waals surface area contributed by atoms with E-state index >= 15 is 0 Å². The molecule has 0 aliphatic heterocycles. The minimum Gasteiger partial charge on any atom is -0.393 e. The first-order chi connectivity index (χ1) is 15.8. The first kappa shape index (κ1) is 23.1. The Bertz CT molecular complexity index is 1150. The molecule has 1 aliphatic carbocycles. The number of rotatable bonds is 5. The van der Waals surface area contributed by atoms with E-state index in [1.165, 1.54) is 12.1 Å². The number of hydrogen-bond acceptors (Lipinski definition) is 4. The summed E-state index contributed by atoms with van der Waals surface area (Å²) >= 11 is 0. The van der Waals surface area contributed by atoms with Crippen LogP contribution < -0.4 is 0 Å². The molecule has 0 amide bonds. The molecule has 4 atom stereocenters. The van der Waals surface area contributed by atoms with Gasteiger partial charge in [-0.05, 0) is 72.1 Å². The van der Waals surface area contributed by atoms with Crippen LogP contribution in [0.1, 0.15) is 54.2 Å². The number of pyridine rings is 2. The van der Waals surface area contributed by atoms with Crippen LogP contribution in [-0.4, -0.2) is 27.0 Å². The van der Waals surface area contributed by atoms with Gasteiger partial charge in [-0.15, -0.1) is 0 Å². The molecule has 4 nitrogen and oxygen atoms in total. The van der Waals surface area contributed by atoms with Gasteiger partial charge < -0.3 is 5.11 Å². The molecule has 1 N–H and O–H groups in total. The van der Waals surface area contributed by atoms with Crippen molar-refractivity contribution in [1.82, 2.24) is 9.97 Å². The number of Topliss-reactive ketones (excluding diaryl/α,β-unsaturated/α-hetero) is 1. The Morgan fingerprint density at radius 2 is 1.67 bits per heavy atom. The minimum absolute atomic E-state index is 0.0250. The molecule has 0 spiro atoms. The molecule has 0 saturated heterocycles. The zero-order valence-electron chi connectivity index (χ0n) is 18.4. The topological polar surface area (TPSA) is 63.1 Å². The normalized spacial score (nSPS) is 22.8. The van der Waals surface area contributed by atoms with Crippen molar-refractivity contribution in [3.63, 3.8) is 0 Å². The Morgan fingerprint density at radius 1 is 1.00 bits per heavy atom. The van der Waals surface area contributed by atoms with E-state index in [4.69, 9.17) is 0 Å². The molecule has 172 valence electrons. The highest BCUT2D eigenvalue weighted by molar-refractivity contribution is 5.96. The quantitative estimate of drug-likeness (QED) is 0.518. The van der Waals surface area contributed by atoms with Crippen molar-refractivity contribution in [3.8, 4) is 11.3 Å². The third-order valence-corrected chi connectivity index (χ3v) is 6.54. The number of carbonyl (C=O) groups is 1. The number of nitrogens with zero attached hydrogens (tertiary/aromatic N) is 2. The molecule has 3 aromatic rings. The maximum Gasteiger partial charge on any atom is 0.185 e. The van der Waals surface area contributed by atoms with E-state index in [1.807, 2.05) is 19.9 Å². The molecular formula is C26H25F3N2O2. The van der Waals surface area contributed by atoms with Gasteiger partial charge >= 0.3 is 0 Å². The number of aliphatic hydroxyl groups excluding tert-OH is 1. The van der Waals surface area contributed by atoms with E-state index in [-0.39, 0.29) is 36.0 Å². The van der Waals surface area contributed by atoms with Crippen molar-refractivity contribution in [2.45, 2.75) is 45.1 Å². The van der Waals surface area contributed by atoms with Gasteiger partial charge in [0, 0.05) is 18.8 Å². The van der Waals surface area contributed by atoms with Gasteiger partial charge in [-0.1, -0.05) is 19.9 Å². The summed E-state index contributed by atoms with van der Waals surface area (Å²) in [5, 5.41) is 10.3. The van der Waals surface area contributed by atoms with Crippen LogP contribution in [0.5, 0.6) is 0 Å². The monoisotopic (exact) mass is 454 g/mol. The summed E-state index contributed by atoms with van der Waals surface area (Å²) in [5.74, 6) is -2.79. The number of halogens is 3. The van der Waals surface area contributed by atoms with Crippen molar-refractivity contribution in [2.75, 3.05) is 0 Å². The lowest BCUT2D eigenvalue weighted by Crippen LogP contribution is -2.33. The molecule has 1 aromatic carbocycles. The van der Waals surface area contributed by atoms with Gasteiger partial charge in [0.1, 0.15) is 28.8 Å². The van der Waals surface area contributed by atoms with Gasteiger partial charge in [-0.25, -0.2) is 18.2 Å². The van der Waals surface area contributed by atoms with Crippen LogP contribution in [0.15, 0.2) is 48.8 Å². The number of ketones is 1. The summed E-state index contributed by atoms with van der Waals surface area (Å²) in [6.07, 6.45) is 4.52. The lowest BCUT2D eigenvalue weighted by atomic mass is 9.71. The maximum atomic E-state index is 14.4.